The highest BCUT2D eigenvalue weighted by atomic mass is 32.1. The van der Waals surface area contributed by atoms with Crippen LogP contribution in [0.1, 0.15) is 51.6 Å². The Balaban J connectivity index is 1.81. The van der Waals surface area contributed by atoms with Crippen molar-refractivity contribution in [2.45, 2.75) is 58.4 Å². The minimum absolute atomic E-state index is 0.120. The maximum atomic E-state index is 12.6. The minimum Gasteiger partial charge on any atom is -0.368 e. The van der Waals surface area contributed by atoms with Gasteiger partial charge in [0.1, 0.15) is 11.9 Å². The number of amides is 3. The summed E-state index contributed by atoms with van der Waals surface area (Å²) in [6, 6.07) is 0.948. The van der Waals surface area contributed by atoms with Gasteiger partial charge in [0, 0.05) is 18.2 Å². The number of carbonyl (C=O) groups excluding carboxylic acids is 2. The maximum absolute atomic E-state index is 12.6. The van der Waals surface area contributed by atoms with E-state index in [1.54, 1.807) is 6.20 Å². The van der Waals surface area contributed by atoms with Crippen LogP contribution in [0.5, 0.6) is 0 Å². The van der Waals surface area contributed by atoms with Gasteiger partial charge in [-0.05, 0) is 32.3 Å². The van der Waals surface area contributed by atoms with E-state index in [1.807, 2.05) is 13.0 Å². The number of nitrogens with two attached hydrogens (primary N) is 1. The number of rotatable bonds is 5. The van der Waals surface area contributed by atoms with Crippen LogP contribution in [-0.4, -0.2) is 44.4 Å². The molecule has 2 aromatic rings. The summed E-state index contributed by atoms with van der Waals surface area (Å²) in [7, 11) is 0. The zero-order valence-electron chi connectivity index (χ0n) is 16.7. The Morgan fingerprint density at radius 2 is 2.14 bits per heavy atom. The largest absolute Gasteiger partial charge is 0.368 e. The van der Waals surface area contributed by atoms with Gasteiger partial charge in [-0.15, -0.1) is 0 Å². The molecule has 3 N–H and O–H groups in total. The lowest BCUT2D eigenvalue weighted by molar-refractivity contribution is -0.121. The van der Waals surface area contributed by atoms with E-state index in [4.69, 9.17) is 10.7 Å². The first-order valence-corrected chi connectivity index (χ1v) is 10.2. The molecule has 1 fully saturated rings. The van der Waals surface area contributed by atoms with Gasteiger partial charge in [-0.1, -0.05) is 32.1 Å². The van der Waals surface area contributed by atoms with Crippen LogP contribution in [0.4, 0.5) is 9.93 Å². The zero-order chi connectivity index (χ0) is 20.5. The van der Waals surface area contributed by atoms with Gasteiger partial charge in [0.05, 0.1) is 16.3 Å². The van der Waals surface area contributed by atoms with E-state index in [9.17, 15) is 9.59 Å². The summed E-state index contributed by atoms with van der Waals surface area (Å²) in [5.41, 5.74) is 6.85. The summed E-state index contributed by atoms with van der Waals surface area (Å²) in [5.74, 6) is 0.308. The Kier molecular flexibility index (Phi) is 5.64. The summed E-state index contributed by atoms with van der Waals surface area (Å²) < 4.78 is 0. The molecule has 0 radical (unpaired) electrons. The first-order chi connectivity index (χ1) is 13.2. The first kappa shape index (κ1) is 20.2. The molecule has 1 aliphatic rings. The third-order valence-corrected chi connectivity index (χ3v) is 6.33. The van der Waals surface area contributed by atoms with Crippen molar-refractivity contribution in [3.05, 3.63) is 23.8 Å². The third kappa shape index (κ3) is 3.99. The molecule has 3 rings (SSSR count). The number of carbonyl (C=O) groups is 2. The van der Waals surface area contributed by atoms with E-state index < -0.39 is 11.9 Å². The third-order valence-electron chi connectivity index (χ3n) is 5.23. The van der Waals surface area contributed by atoms with Crippen LogP contribution in [0.25, 0.3) is 10.6 Å². The molecule has 3 heterocycles. The van der Waals surface area contributed by atoms with E-state index >= 15 is 0 Å². The van der Waals surface area contributed by atoms with Crippen molar-refractivity contribution >= 4 is 28.4 Å². The number of primary amides is 1. The number of urea groups is 1. The number of anilines is 1. The highest BCUT2D eigenvalue weighted by molar-refractivity contribution is 7.19. The van der Waals surface area contributed by atoms with Crippen molar-refractivity contribution in [3.63, 3.8) is 0 Å². The highest BCUT2D eigenvalue weighted by Gasteiger charge is 2.33. The average Bonchev–Trinajstić information content (AvgIpc) is 3.28. The summed E-state index contributed by atoms with van der Waals surface area (Å²) in [4.78, 5) is 40.1. The molecule has 0 saturated carbocycles. The van der Waals surface area contributed by atoms with Crippen molar-refractivity contribution < 1.29 is 9.59 Å². The molecule has 28 heavy (non-hydrogen) atoms. The predicted molar refractivity (Wildman–Crippen MR) is 109 cm³/mol. The molecule has 150 valence electrons. The van der Waals surface area contributed by atoms with E-state index in [2.05, 4.69) is 36.1 Å². The molecule has 3 amide bonds. The molecule has 0 aliphatic carbocycles. The quantitative estimate of drug-likeness (QED) is 0.798. The number of likely N-dealkylation sites (tertiary alicyclic amines) is 1. The number of hydrogen-bond donors (Lipinski definition) is 2. The van der Waals surface area contributed by atoms with Gasteiger partial charge >= 0.3 is 6.03 Å². The van der Waals surface area contributed by atoms with Crippen LogP contribution < -0.4 is 11.1 Å². The Labute approximate surface area is 168 Å². The lowest BCUT2D eigenvalue weighted by atomic mass is 9.89. The Hall–Kier alpha value is -2.55. The monoisotopic (exact) mass is 402 g/mol. The lowest BCUT2D eigenvalue weighted by Gasteiger charge is -2.21. The van der Waals surface area contributed by atoms with E-state index in [-0.39, 0.29) is 11.4 Å². The van der Waals surface area contributed by atoms with Crippen molar-refractivity contribution in [1.29, 1.82) is 0 Å². The molecule has 0 aromatic carbocycles. The average molecular weight is 403 g/mol. The van der Waals surface area contributed by atoms with Crippen molar-refractivity contribution in [1.82, 2.24) is 19.9 Å². The fraction of sp³-hybridized carbons (Fsp3) is 0.526. The van der Waals surface area contributed by atoms with Crippen molar-refractivity contribution in [2.75, 3.05) is 11.9 Å². The highest BCUT2D eigenvalue weighted by Crippen LogP contribution is 2.33. The second-order valence-electron chi connectivity index (χ2n) is 7.62. The summed E-state index contributed by atoms with van der Waals surface area (Å²) >= 11 is 1.36. The fourth-order valence-electron chi connectivity index (χ4n) is 3.13. The molecule has 1 unspecified atom stereocenters. The number of nitrogens with one attached hydrogen (secondary N) is 1. The number of nitrogens with zero attached hydrogens (tertiary/aromatic N) is 4. The molecular weight excluding hydrogens is 376 g/mol. The first-order valence-electron chi connectivity index (χ1n) is 9.41. The Morgan fingerprint density at radius 1 is 1.39 bits per heavy atom. The van der Waals surface area contributed by atoms with E-state index in [1.165, 1.54) is 16.2 Å². The normalized spacial score (nSPS) is 17.0. The van der Waals surface area contributed by atoms with Crippen LogP contribution >= 0.6 is 11.3 Å². The van der Waals surface area contributed by atoms with Crippen LogP contribution in [0.2, 0.25) is 0 Å². The van der Waals surface area contributed by atoms with E-state index in [0.717, 1.165) is 34.9 Å². The predicted octanol–water partition coefficient (Wildman–Crippen LogP) is 3.08. The van der Waals surface area contributed by atoms with Crippen molar-refractivity contribution in [2.24, 2.45) is 5.73 Å². The molecule has 1 atom stereocenters. The van der Waals surface area contributed by atoms with Gasteiger partial charge in [0.2, 0.25) is 5.91 Å². The SMILES string of the molecule is CCC(C)(C)c1nccc(-c2sc(NC(=O)N3CCCC3C(N)=O)nc2C)n1. The van der Waals surface area contributed by atoms with Gasteiger partial charge in [-0.3, -0.25) is 10.1 Å². The van der Waals surface area contributed by atoms with Crippen LogP contribution in [0, 0.1) is 6.92 Å². The molecule has 1 saturated heterocycles. The zero-order valence-corrected chi connectivity index (χ0v) is 17.5. The number of aromatic nitrogens is 3. The molecular formula is C19H26N6O2S. The van der Waals surface area contributed by atoms with Gasteiger partial charge in [-0.2, -0.15) is 0 Å². The minimum atomic E-state index is -0.554. The number of aryl methyl sites for hydroxylation is 1. The molecule has 8 nitrogen and oxygen atoms in total. The molecule has 2 aromatic heterocycles. The van der Waals surface area contributed by atoms with Crippen LogP contribution in [-0.2, 0) is 10.2 Å². The smallest absolute Gasteiger partial charge is 0.324 e. The van der Waals surface area contributed by atoms with Gasteiger partial charge < -0.3 is 10.6 Å². The second kappa shape index (κ2) is 7.83. The van der Waals surface area contributed by atoms with Gasteiger partial charge in [0.15, 0.2) is 5.13 Å². The summed E-state index contributed by atoms with van der Waals surface area (Å²) in [6.07, 6.45) is 4.05. The molecule has 0 spiro atoms. The topological polar surface area (TPSA) is 114 Å². The van der Waals surface area contributed by atoms with Gasteiger partial charge in [0.25, 0.3) is 0 Å². The lowest BCUT2D eigenvalue weighted by Crippen LogP contribution is -2.45. The number of hydrogen-bond acceptors (Lipinski definition) is 6. The molecule has 1 aliphatic heterocycles. The Morgan fingerprint density at radius 3 is 2.82 bits per heavy atom. The fourth-order valence-corrected chi connectivity index (χ4v) is 4.05. The van der Waals surface area contributed by atoms with Crippen LogP contribution in [0.15, 0.2) is 12.3 Å². The molecule has 9 heteroatoms. The summed E-state index contributed by atoms with van der Waals surface area (Å²) in [5, 5.41) is 3.27. The Bertz CT molecular complexity index is 894. The van der Waals surface area contributed by atoms with Crippen molar-refractivity contribution in [3.8, 4) is 10.6 Å². The van der Waals surface area contributed by atoms with Crippen LogP contribution in [0.3, 0.4) is 0 Å². The van der Waals surface area contributed by atoms with E-state index in [0.29, 0.717) is 18.1 Å². The summed E-state index contributed by atoms with van der Waals surface area (Å²) in [6.45, 7) is 8.73. The van der Waals surface area contributed by atoms with Gasteiger partial charge in [-0.25, -0.2) is 19.7 Å². The second-order valence-corrected chi connectivity index (χ2v) is 8.62. The molecule has 0 bridgehead atoms. The number of thiazole rings is 1. The standard InChI is InChI=1S/C19H26N6O2S/c1-5-19(3,4)16-21-9-8-12(23-16)14-11(2)22-17(28-14)24-18(27)25-10-6-7-13(25)15(20)26/h8-9,13H,5-7,10H2,1-4H3,(H2,20,26)(H,22,24,27). The maximum Gasteiger partial charge on any atom is 0.324 e.